The van der Waals surface area contributed by atoms with Gasteiger partial charge < -0.3 is 19.6 Å². The Morgan fingerprint density at radius 1 is 0.844 bits per heavy atom. The van der Waals surface area contributed by atoms with Crippen molar-refractivity contribution in [2.24, 2.45) is 0 Å². The minimum Gasteiger partial charge on any atom is -0.359 e. The molecule has 2 saturated heterocycles. The third kappa shape index (κ3) is 5.83. The molecule has 3 aromatic heterocycles. The van der Waals surface area contributed by atoms with Gasteiger partial charge in [0.2, 0.25) is 11.8 Å². The average molecular weight is 603 g/mol. The van der Waals surface area contributed by atoms with Crippen LogP contribution >= 0.6 is 0 Å². The Morgan fingerprint density at radius 3 is 2.53 bits per heavy atom. The molecule has 1 N–H and O–H groups in total. The van der Waals surface area contributed by atoms with Gasteiger partial charge >= 0.3 is 6.03 Å². The molecule has 5 heterocycles. The molecule has 0 saturated carbocycles. The van der Waals surface area contributed by atoms with Crippen LogP contribution in [0, 0.1) is 0 Å². The van der Waals surface area contributed by atoms with E-state index in [2.05, 4.69) is 20.4 Å². The highest BCUT2D eigenvalue weighted by Gasteiger charge is 2.47. The van der Waals surface area contributed by atoms with Crippen molar-refractivity contribution < 1.29 is 18.9 Å². The van der Waals surface area contributed by atoms with Crippen LogP contribution in [-0.4, -0.2) is 78.6 Å². The zero-order chi connectivity index (χ0) is 30.8. The van der Waals surface area contributed by atoms with E-state index in [0.717, 1.165) is 22.0 Å². The van der Waals surface area contributed by atoms with E-state index in [4.69, 9.17) is 4.52 Å². The Labute approximate surface area is 258 Å². The minimum absolute atomic E-state index is 0.109. The van der Waals surface area contributed by atoms with Crippen LogP contribution in [-0.2, 0) is 29.2 Å². The predicted molar refractivity (Wildman–Crippen MR) is 163 cm³/mol. The normalized spacial score (nSPS) is 17.1. The van der Waals surface area contributed by atoms with Gasteiger partial charge in [0.15, 0.2) is 5.76 Å². The molecule has 4 amide bonds. The number of piperazine rings is 1. The van der Waals surface area contributed by atoms with E-state index in [-0.39, 0.29) is 38.0 Å². The number of benzene rings is 2. The summed E-state index contributed by atoms with van der Waals surface area (Å²) in [5, 5.41) is 11.3. The average Bonchev–Trinajstić information content (AvgIpc) is 3.54. The summed E-state index contributed by atoms with van der Waals surface area (Å²) in [6, 6.07) is 26.1. The van der Waals surface area contributed by atoms with Crippen LogP contribution in [0.3, 0.4) is 0 Å². The molecule has 45 heavy (non-hydrogen) atoms. The lowest BCUT2D eigenvalue weighted by Crippen LogP contribution is -2.73. The van der Waals surface area contributed by atoms with Crippen molar-refractivity contribution in [3.63, 3.8) is 0 Å². The molecule has 0 aliphatic carbocycles. The van der Waals surface area contributed by atoms with Gasteiger partial charge in [0.05, 0.1) is 30.8 Å². The van der Waals surface area contributed by atoms with E-state index in [1.165, 1.54) is 9.91 Å². The van der Waals surface area contributed by atoms with Gasteiger partial charge in [-0.1, -0.05) is 59.8 Å². The van der Waals surface area contributed by atoms with Gasteiger partial charge in [0, 0.05) is 36.9 Å². The Balaban J connectivity index is 1.17. The van der Waals surface area contributed by atoms with E-state index in [9.17, 15) is 14.4 Å². The van der Waals surface area contributed by atoms with E-state index in [1.807, 2.05) is 78.9 Å². The standard InChI is InChI=1S/C33H30N8O4/c42-31-22-40-30(20-38(31)18-24-10-6-13-27-26(24)11-7-15-34-27)41(33(44)36-17-23-8-2-1-3-9-23)39(21-32(40)43)19-25-16-29(37-45-25)28-12-4-5-14-35-28/h1-16,30H,17-22H2,(H,36,44). The lowest BCUT2D eigenvalue weighted by atomic mass is 10.1. The summed E-state index contributed by atoms with van der Waals surface area (Å²) in [4.78, 5) is 52.8. The molecule has 12 nitrogen and oxygen atoms in total. The molecule has 0 spiro atoms. The smallest absolute Gasteiger partial charge is 0.334 e. The zero-order valence-corrected chi connectivity index (χ0v) is 24.3. The molecule has 2 aliphatic rings. The van der Waals surface area contributed by atoms with Gasteiger partial charge in [0.25, 0.3) is 0 Å². The molecular weight excluding hydrogens is 572 g/mol. The maximum Gasteiger partial charge on any atom is 0.334 e. The first-order chi connectivity index (χ1) is 22.0. The van der Waals surface area contributed by atoms with E-state index < -0.39 is 12.2 Å². The van der Waals surface area contributed by atoms with Gasteiger partial charge in [-0.15, -0.1) is 0 Å². The summed E-state index contributed by atoms with van der Waals surface area (Å²) in [7, 11) is 0. The molecule has 1 atom stereocenters. The lowest BCUT2D eigenvalue weighted by molar-refractivity contribution is -0.184. The number of carbonyl (C=O) groups is 3. The summed E-state index contributed by atoms with van der Waals surface area (Å²) < 4.78 is 5.62. The third-order valence-corrected chi connectivity index (χ3v) is 8.04. The molecule has 12 heteroatoms. The molecule has 0 radical (unpaired) electrons. The first kappa shape index (κ1) is 28.2. The summed E-state index contributed by atoms with van der Waals surface area (Å²) >= 11 is 0. The molecular formula is C33H30N8O4. The van der Waals surface area contributed by atoms with Crippen LogP contribution in [0.4, 0.5) is 4.79 Å². The van der Waals surface area contributed by atoms with Crippen molar-refractivity contribution in [3.05, 3.63) is 114 Å². The van der Waals surface area contributed by atoms with E-state index in [1.54, 1.807) is 28.4 Å². The number of urea groups is 1. The SMILES string of the molecule is O=C1CN2C(=O)CN(Cc3cc(-c4ccccn4)no3)N(C(=O)NCc3ccccc3)C2CN1Cc1cccc2ncccc12. The number of fused-ring (bicyclic) bond motifs is 2. The van der Waals surface area contributed by atoms with E-state index >= 15 is 0 Å². The highest BCUT2D eigenvalue weighted by molar-refractivity contribution is 5.89. The van der Waals surface area contributed by atoms with Gasteiger partial charge in [-0.2, -0.15) is 5.01 Å². The monoisotopic (exact) mass is 602 g/mol. The maximum atomic E-state index is 13.9. The van der Waals surface area contributed by atoms with Crippen molar-refractivity contribution in [1.29, 1.82) is 0 Å². The topological polar surface area (TPSA) is 128 Å². The van der Waals surface area contributed by atoms with Gasteiger partial charge in [-0.05, 0) is 35.4 Å². The molecule has 0 bridgehead atoms. The van der Waals surface area contributed by atoms with E-state index in [0.29, 0.717) is 30.2 Å². The number of nitrogens with zero attached hydrogens (tertiary/aromatic N) is 7. The van der Waals surface area contributed by atoms with Gasteiger partial charge in [-0.25, -0.2) is 9.80 Å². The molecule has 7 rings (SSSR count). The first-order valence-electron chi connectivity index (χ1n) is 14.7. The second-order valence-electron chi connectivity index (χ2n) is 11.0. The number of nitrogens with one attached hydrogen (secondary N) is 1. The number of aromatic nitrogens is 3. The Kier molecular flexibility index (Phi) is 7.62. The minimum atomic E-state index is -0.731. The summed E-state index contributed by atoms with van der Waals surface area (Å²) in [5.41, 5.74) is 3.90. The van der Waals surface area contributed by atoms with Crippen LogP contribution in [0.1, 0.15) is 16.9 Å². The van der Waals surface area contributed by atoms with Crippen molar-refractivity contribution in [2.45, 2.75) is 25.8 Å². The number of pyridine rings is 2. The third-order valence-electron chi connectivity index (χ3n) is 8.04. The number of rotatable bonds is 7. The fraction of sp³-hybridized carbons (Fsp3) is 0.212. The first-order valence-corrected chi connectivity index (χ1v) is 14.7. The number of amides is 4. The molecule has 2 fully saturated rings. The predicted octanol–water partition coefficient (Wildman–Crippen LogP) is 3.42. The van der Waals surface area contributed by atoms with Crippen molar-refractivity contribution in [2.75, 3.05) is 19.6 Å². The second-order valence-corrected chi connectivity index (χ2v) is 11.0. The molecule has 5 aromatic rings. The number of hydrazine groups is 1. The largest absolute Gasteiger partial charge is 0.359 e. The highest BCUT2D eigenvalue weighted by Crippen LogP contribution is 2.27. The van der Waals surface area contributed by atoms with Crippen LogP contribution in [0.25, 0.3) is 22.3 Å². The Bertz CT molecular complexity index is 1840. The molecule has 226 valence electrons. The number of carbonyl (C=O) groups excluding carboxylic acids is 3. The Morgan fingerprint density at radius 2 is 1.69 bits per heavy atom. The van der Waals surface area contributed by atoms with Crippen molar-refractivity contribution in [3.8, 4) is 11.4 Å². The second kappa shape index (κ2) is 12.2. The molecule has 2 aliphatic heterocycles. The highest BCUT2D eigenvalue weighted by atomic mass is 16.5. The fourth-order valence-electron chi connectivity index (χ4n) is 5.84. The van der Waals surface area contributed by atoms with Gasteiger partial charge in [0.1, 0.15) is 18.4 Å². The summed E-state index contributed by atoms with van der Waals surface area (Å²) in [6.07, 6.45) is 2.68. The van der Waals surface area contributed by atoms with Crippen molar-refractivity contribution >= 4 is 28.7 Å². The maximum absolute atomic E-state index is 13.9. The number of hydrogen-bond acceptors (Lipinski definition) is 8. The van der Waals surface area contributed by atoms with Crippen LogP contribution < -0.4 is 5.32 Å². The van der Waals surface area contributed by atoms with Crippen molar-refractivity contribution in [1.82, 2.24) is 40.3 Å². The lowest BCUT2D eigenvalue weighted by Gasteiger charge is -2.52. The summed E-state index contributed by atoms with van der Waals surface area (Å²) in [6.45, 7) is 0.605. The van der Waals surface area contributed by atoms with Crippen LogP contribution in [0.2, 0.25) is 0 Å². The van der Waals surface area contributed by atoms with Gasteiger partial charge in [-0.3, -0.25) is 19.6 Å². The fourth-order valence-corrected chi connectivity index (χ4v) is 5.84. The molecule has 2 aromatic carbocycles. The van der Waals surface area contributed by atoms with Crippen LogP contribution in [0.15, 0.2) is 102 Å². The van der Waals surface area contributed by atoms with Crippen LogP contribution in [0.5, 0.6) is 0 Å². The quantitative estimate of drug-likeness (QED) is 0.300. The number of hydrogen-bond donors (Lipinski definition) is 1. The Hall–Kier alpha value is -5.62. The zero-order valence-electron chi connectivity index (χ0n) is 24.3. The molecule has 1 unspecified atom stereocenters. The summed E-state index contributed by atoms with van der Waals surface area (Å²) in [5.74, 6) is 0.0255.